The highest BCUT2D eigenvalue weighted by atomic mass is 32.2. The number of amides is 1. The Morgan fingerprint density at radius 2 is 2.12 bits per heavy atom. The number of methoxy groups -OCH3 is 1. The summed E-state index contributed by atoms with van der Waals surface area (Å²) in [6.45, 7) is 0.293. The van der Waals surface area contributed by atoms with Crippen molar-refractivity contribution in [2.24, 2.45) is 0 Å². The number of nitrogens with one attached hydrogen (secondary N) is 1. The van der Waals surface area contributed by atoms with Crippen LogP contribution in [0.15, 0.2) is 52.5 Å². The fourth-order valence-corrected chi connectivity index (χ4v) is 4.16. The Hall–Kier alpha value is -2.45. The van der Waals surface area contributed by atoms with E-state index in [1.165, 1.54) is 11.3 Å². The molecule has 0 bridgehead atoms. The van der Waals surface area contributed by atoms with Crippen molar-refractivity contribution in [1.82, 2.24) is 10.3 Å². The van der Waals surface area contributed by atoms with Gasteiger partial charge in [-0.15, -0.1) is 11.3 Å². The number of ether oxygens (including phenoxy) is 1. The van der Waals surface area contributed by atoms with Crippen molar-refractivity contribution >= 4 is 28.0 Å². The van der Waals surface area contributed by atoms with E-state index in [0.717, 1.165) is 22.0 Å². The molecular weight excluding hydrogens is 372 g/mol. The minimum Gasteiger partial charge on any atom is -0.497 e. The third kappa shape index (κ3) is 5.03. The summed E-state index contributed by atoms with van der Waals surface area (Å²) in [5.74, 6) is 1.36. The third-order valence-electron chi connectivity index (χ3n) is 3.53. The molecule has 1 amide bonds. The number of carbonyl (C=O) groups is 1. The Morgan fingerprint density at radius 1 is 1.31 bits per heavy atom. The zero-order chi connectivity index (χ0) is 18.4. The number of nitrogens with zero attached hydrogens (tertiary/aromatic N) is 1. The topological polar surface area (TPSA) is 81.4 Å². The van der Waals surface area contributed by atoms with Crippen LogP contribution < -0.4 is 10.1 Å². The van der Waals surface area contributed by atoms with E-state index in [4.69, 9.17) is 9.15 Å². The second-order valence-corrected chi connectivity index (χ2v) is 7.77. The lowest BCUT2D eigenvalue weighted by Crippen LogP contribution is -2.28. The molecule has 8 heteroatoms. The van der Waals surface area contributed by atoms with Crippen LogP contribution >= 0.6 is 11.3 Å². The molecule has 6 nitrogen and oxygen atoms in total. The van der Waals surface area contributed by atoms with Crippen molar-refractivity contribution in [2.45, 2.75) is 12.3 Å². The van der Waals surface area contributed by atoms with Crippen LogP contribution in [0, 0.1) is 0 Å². The summed E-state index contributed by atoms with van der Waals surface area (Å²) in [4.78, 5) is 16.4. The fourth-order valence-electron chi connectivity index (χ4n) is 2.25. The van der Waals surface area contributed by atoms with Crippen LogP contribution in [-0.4, -0.2) is 28.0 Å². The molecule has 2 heterocycles. The van der Waals surface area contributed by atoms with Gasteiger partial charge in [-0.25, -0.2) is 4.98 Å². The van der Waals surface area contributed by atoms with Gasteiger partial charge < -0.3 is 14.5 Å². The Kier molecular flexibility index (Phi) is 6.19. The molecule has 1 unspecified atom stereocenters. The van der Waals surface area contributed by atoms with Crippen molar-refractivity contribution in [2.75, 3.05) is 12.9 Å². The Balaban J connectivity index is 1.51. The van der Waals surface area contributed by atoms with E-state index in [9.17, 15) is 9.00 Å². The molecule has 0 aliphatic carbocycles. The van der Waals surface area contributed by atoms with Crippen molar-refractivity contribution in [3.05, 3.63) is 59.5 Å². The molecule has 0 saturated carbocycles. The number of thiazole rings is 1. The Bertz CT molecular complexity index is 873. The largest absolute Gasteiger partial charge is 0.497 e. The van der Waals surface area contributed by atoms with Crippen LogP contribution in [0.5, 0.6) is 5.75 Å². The van der Waals surface area contributed by atoms with E-state index in [1.54, 1.807) is 25.5 Å². The third-order valence-corrected chi connectivity index (χ3v) is 5.67. The maximum absolute atomic E-state index is 12.2. The average Bonchev–Trinajstić information content (AvgIpc) is 3.32. The summed E-state index contributed by atoms with van der Waals surface area (Å²) in [7, 11) is 0.306. The van der Waals surface area contributed by atoms with Crippen LogP contribution in [-0.2, 0) is 27.9 Å². The van der Waals surface area contributed by atoms with Crippen LogP contribution in [0.3, 0.4) is 0 Å². The van der Waals surface area contributed by atoms with Crippen molar-refractivity contribution in [3.8, 4) is 16.3 Å². The summed E-state index contributed by atoms with van der Waals surface area (Å²) < 4.78 is 22.5. The summed E-state index contributed by atoms with van der Waals surface area (Å²) >= 11 is 1.49. The number of carbonyl (C=O) groups excluding carboxylic acids is 1. The van der Waals surface area contributed by atoms with E-state index < -0.39 is 10.8 Å². The van der Waals surface area contributed by atoms with Crippen LogP contribution in [0.25, 0.3) is 10.6 Å². The second kappa shape index (κ2) is 8.77. The van der Waals surface area contributed by atoms with Gasteiger partial charge >= 0.3 is 0 Å². The van der Waals surface area contributed by atoms with Crippen LogP contribution in [0.1, 0.15) is 11.5 Å². The van der Waals surface area contributed by atoms with E-state index in [2.05, 4.69) is 10.3 Å². The molecule has 0 saturated heterocycles. The summed E-state index contributed by atoms with van der Waals surface area (Å²) in [6, 6.07) is 11.1. The van der Waals surface area contributed by atoms with E-state index in [0.29, 0.717) is 12.3 Å². The fraction of sp³-hybridized carbons (Fsp3) is 0.222. The van der Waals surface area contributed by atoms with E-state index in [-0.39, 0.29) is 17.4 Å². The smallest absolute Gasteiger partial charge is 0.233 e. The molecule has 0 aliphatic heterocycles. The minimum absolute atomic E-state index is 0.0594. The first-order valence-electron chi connectivity index (χ1n) is 7.87. The maximum atomic E-state index is 12.2. The lowest BCUT2D eigenvalue weighted by atomic mass is 10.2. The van der Waals surface area contributed by atoms with E-state index >= 15 is 0 Å². The van der Waals surface area contributed by atoms with Crippen molar-refractivity contribution in [1.29, 1.82) is 0 Å². The molecule has 1 atom stereocenters. The first-order chi connectivity index (χ1) is 12.6. The Labute approximate surface area is 157 Å². The highest BCUT2D eigenvalue weighted by Gasteiger charge is 2.12. The number of aromatic nitrogens is 1. The monoisotopic (exact) mass is 390 g/mol. The SMILES string of the molecule is COc1ccc(-c2nc(CS(=O)CC(=O)NCc3ccco3)cs2)cc1. The molecule has 1 aromatic carbocycles. The van der Waals surface area contributed by atoms with Crippen LogP contribution in [0.4, 0.5) is 0 Å². The molecule has 2 aromatic heterocycles. The molecule has 136 valence electrons. The van der Waals surface area contributed by atoms with Crippen LogP contribution in [0.2, 0.25) is 0 Å². The normalized spacial score (nSPS) is 11.9. The highest BCUT2D eigenvalue weighted by Crippen LogP contribution is 2.26. The summed E-state index contributed by atoms with van der Waals surface area (Å²) in [6.07, 6.45) is 1.54. The van der Waals surface area contributed by atoms with Gasteiger partial charge in [0.05, 0.1) is 31.4 Å². The number of hydrogen-bond donors (Lipinski definition) is 1. The van der Waals surface area contributed by atoms with Crippen molar-refractivity contribution < 1.29 is 18.2 Å². The maximum Gasteiger partial charge on any atom is 0.233 e. The number of benzene rings is 1. The molecule has 3 rings (SSSR count). The average molecular weight is 390 g/mol. The lowest BCUT2D eigenvalue weighted by molar-refractivity contribution is -0.118. The van der Waals surface area contributed by atoms with Gasteiger partial charge in [-0.3, -0.25) is 9.00 Å². The predicted octanol–water partition coefficient (Wildman–Crippen LogP) is 2.98. The zero-order valence-electron chi connectivity index (χ0n) is 14.1. The minimum atomic E-state index is -1.32. The van der Waals surface area contributed by atoms with Gasteiger partial charge in [0.25, 0.3) is 0 Å². The lowest BCUT2D eigenvalue weighted by Gasteiger charge is -2.03. The van der Waals surface area contributed by atoms with Gasteiger partial charge in [0.15, 0.2) is 0 Å². The summed E-state index contributed by atoms with van der Waals surface area (Å²) in [5.41, 5.74) is 1.70. The Morgan fingerprint density at radius 3 is 2.81 bits per heavy atom. The summed E-state index contributed by atoms with van der Waals surface area (Å²) in [5, 5.41) is 5.41. The second-order valence-electron chi connectivity index (χ2n) is 5.46. The molecule has 0 radical (unpaired) electrons. The number of hydrogen-bond acceptors (Lipinski definition) is 6. The predicted molar refractivity (Wildman–Crippen MR) is 101 cm³/mol. The molecular formula is C18H18N2O4S2. The molecule has 0 fully saturated rings. The quantitative estimate of drug-likeness (QED) is 0.639. The van der Waals surface area contributed by atoms with E-state index in [1.807, 2.05) is 29.6 Å². The van der Waals surface area contributed by atoms with Gasteiger partial charge in [0.1, 0.15) is 22.3 Å². The zero-order valence-corrected chi connectivity index (χ0v) is 15.8. The van der Waals surface area contributed by atoms with Gasteiger partial charge in [-0.1, -0.05) is 0 Å². The number of rotatable bonds is 8. The first-order valence-corrected chi connectivity index (χ1v) is 10.2. The van der Waals surface area contributed by atoms with Gasteiger partial charge in [-0.2, -0.15) is 0 Å². The van der Waals surface area contributed by atoms with Crippen molar-refractivity contribution in [3.63, 3.8) is 0 Å². The number of furan rings is 1. The molecule has 0 aliphatic rings. The molecule has 3 aromatic rings. The van der Waals surface area contributed by atoms with Gasteiger partial charge in [-0.05, 0) is 36.4 Å². The molecule has 1 N–H and O–H groups in total. The first kappa shape index (κ1) is 18.3. The van der Waals surface area contributed by atoms with Gasteiger partial charge in [0, 0.05) is 21.7 Å². The van der Waals surface area contributed by atoms with Gasteiger partial charge in [0.2, 0.25) is 5.91 Å². The molecule has 26 heavy (non-hydrogen) atoms. The highest BCUT2D eigenvalue weighted by molar-refractivity contribution is 7.84. The standard InChI is InChI=1S/C18H18N2O4S2/c1-23-15-6-4-13(5-7-15)18-20-14(10-25-18)11-26(22)12-17(21)19-9-16-3-2-8-24-16/h2-8,10H,9,11-12H2,1H3,(H,19,21). The molecule has 0 spiro atoms.